The van der Waals surface area contributed by atoms with Gasteiger partial charge >= 0.3 is 0 Å². The molecular weight excluding hydrogens is 179 g/mol. The second-order valence-electron chi connectivity index (χ2n) is 3.47. The maximum Gasteiger partial charge on any atom is 0.146 e. The molecule has 3 rings (SSSR count). The summed E-state index contributed by atoms with van der Waals surface area (Å²) in [6, 6.07) is -2.83. The van der Waals surface area contributed by atoms with E-state index in [2.05, 4.69) is 0 Å². The SMILES string of the molecule is [2H]c1c([2H])c2c3c(c(C)c([2H])c([2H])c3c1[2H])C([2H])([2H])B(C([2H])([2H])[2H])C2([2H])[2H]. The van der Waals surface area contributed by atoms with Gasteiger partial charge in [-0.3, -0.25) is 0 Å². The molecule has 0 unspecified atom stereocenters. The zero-order valence-electron chi connectivity index (χ0n) is 20.1. The van der Waals surface area contributed by atoms with Crippen molar-refractivity contribution >= 4 is 17.5 Å². The molecule has 0 atom stereocenters. The Balaban J connectivity index is 2.74. The Bertz CT molecular complexity index is 922. The molecular formula is C14H15B. The standard InChI is InChI=1S/C14H15B/c1-10-6-7-11-4-3-5-12-8-15(2)9-13(10)14(11)12/h3-7H,8-9H2,1-2H3/i2D3,3D,4D,5D,6D,7D,8D2,9D2. The average Bonchev–Trinajstić information content (AvgIpc) is 2.46. The lowest BCUT2D eigenvalue weighted by Gasteiger charge is -2.22. The summed E-state index contributed by atoms with van der Waals surface area (Å²) < 4.78 is 97.4. The van der Waals surface area contributed by atoms with E-state index in [1.807, 2.05) is 0 Å². The predicted octanol–water partition coefficient (Wildman–Crippen LogP) is 3.45. The van der Waals surface area contributed by atoms with Gasteiger partial charge in [-0.25, -0.2) is 0 Å². The minimum absolute atomic E-state index is 0.0277. The van der Waals surface area contributed by atoms with Crippen LogP contribution in [-0.4, -0.2) is 6.71 Å². The van der Waals surface area contributed by atoms with Crippen molar-refractivity contribution in [3.8, 4) is 0 Å². The molecule has 1 aliphatic heterocycles. The van der Waals surface area contributed by atoms with Crippen LogP contribution in [0.3, 0.4) is 0 Å². The first-order valence-corrected chi connectivity index (χ1v) is 4.62. The first-order chi connectivity index (χ1) is 12.1. The normalized spacial score (nSPS) is 33.8. The predicted molar refractivity (Wildman–Crippen MR) is 67.7 cm³/mol. The fourth-order valence-electron chi connectivity index (χ4n) is 1.77. The summed E-state index contributed by atoms with van der Waals surface area (Å²) in [5.74, 6) is 0. The van der Waals surface area contributed by atoms with Gasteiger partial charge in [-0.15, -0.1) is 0 Å². The summed E-state index contributed by atoms with van der Waals surface area (Å²) in [5, 5.41) is -0.525. The van der Waals surface area contributed by atoms with Crippen molar-refractivity contribution in [3.63, 3.8) is 0 Å². The maximum absolute atomic E-state index is 8.47. The Morgan fingerprint density at radius 1 is 1.33 bits per heavy atom. The van der Waals surface area contributed by atoms with Gasteiger partial charge in [0.2, 0.25) is 0 Å². The molecule has 0 saturated carbocycles. The van der Waals surface area contributed by atoms with Crippen LogP contribution >= 0.6 is 0 Å². The molecule has 0 N–H and O–H groups in total. The lowest BCUT2D eigenvalue weighted by Crippen LogP contribution is -2.21. The molecule has 0 nitrogen and oxygen atoms in total. The number of rotatable bonds is 0. The molecule has 0 radical (unpaired) electrons. The quantitative estimate of drug-likeness (QED) is 0.579. The van der Waals surface area contributed by atoms with E-state index in [0.29, 0.717) is 0 Å². The third-order valence-electron chi connectivity index (χ3n) is 2.45. The highest BCUT2D eigenvalue weighted by molar-refractivity contribution is 6.57. The second-order valence-corrected chi connectivity index (χ2v) is 3.47. The summed E-state index contributed by atoms with van der Waals surface area (Å²) in [5.41, 5.74) is -0.812. The summed E-state index contributed by atoms with van der Waals surface area (Å²) in [6.07, 6.45) is -5.58. The topological polar surface area (TPSA) is 0 Å². The molecule has 74 valence electrons. The largest absolute Gasteiger partial charge is 0.146 e. The highest BCUT2D eigenvalue weighted by Gasteiger charge is 2.20. The molecule has 0 fully saturated rings. The van der Waals surface area contributed by atoms with Crippen molar-refractivity contribution in [1.29, 1.82) is 0 Å². The van der Waals surface area contributed by atoms with Crippen molar-refractivity contribution in [2.24, 2.45) is 0 Å². The molecule has 0 spiro atoms. The lowest BCUT2D eigenvalue weighted by atomic mass is 9.42. The lowest BCUT2D eigenvalue weighted by molar-refractivity contribution is 1.21. The average molecular weight is 206 g/mol. The van der Waals surface area contributed by atoms with E-state index >= 15 is 0 Å². The van der Waals surface area contributed by atoms with E-state index in [0.717, 1.165) is 0 Å². The van der Waals surface area contributed by atoms with Crippen LogP contribution < -0.4 is 0 Å². The van der Waals surface area contributed by atoms with Crippen molar-refractivity contribution in [3.05, 3.63) is 46.9 Å². The highest BCUT2D eigenvalue weighted by atomic mass is 14.1. The van der Waals surface area contributed by atoms with E-state index in [1.54, 1.807) is 0 Å². The summed E-state index contributed by atoms with van der Waals surface area (Å²) in [7, 11) is 0. The third-order valence-corrected chi connectivity index (χ3v) is 2.45. The fourth-order valence-corrected chi connectivity index (χ4v) is 1.77. The van der Waals surface area contributed by atoms with Gasteiger partial charge in [-0.1, -0.05) is 37.0 Å². The van der Waals surface area contributed by atoms with Crippen LogP contribution in [0.25, 0.3) is 10.8 Å². The van der Waals surface area contributed by atoms with Gasteiger partial charge < -0.3 is 0 Å². The van der Waals surface area contributed by atoms with Crippen LogP contribution in [-0.2, 0) is 12.5 Å². The molecule has 2 aromatic rings. The van der Waals surface area contributed by atoms with E-state index < -0.39 is 61.8 Å². The first-order valence-electron chi connectivity index (χ1n) is 10.6. The molecule has 0 aliphatic carbocycles. The van der Waals surface area contributed by atoms with Gasteiger partial charge in [0.25, 0.3) is 0 Å². The molecule has 0 amide bonds. The van der Waals surface area contributed by atoms with E-state index in [1.165, 1.54) is 6.92 Å². The van der Waals surface area contributed by atoms with Gasteiger partial charge in [0, 0.05) is 9.60 Å². The van der Waals surface area contributed by atoms with Crippen LogP contribution in [0.2, 0.25) is 6.75 Å². The summed E-state index contributed by atoms with van der Waals surface area (Å²) in [6.45, 7) is -3.90. The first kappa shape index (κ1) is 2.91. The molecule has 2 aromatic carbocycles. The van der Waals surface area contributed by atoms with Gasteiger partial charge in [0.05, 0.1) is 6.85 Å². The van der Waals surface area contributed by atoms with Gasteiger partial charge in [-0.05, 0) is 46.9 Å². The number of hydrogen-bond acceptors (Lipinski definition) is 0. The van der Waals surface area contributed by atoms with Gasteiger partial charge in [-0.2, -0.15) is 0 Å². The Labute approximate surface area is 108 Å². The highest BCUT2D eigenvalue weighted by Crippen LogP contribution is 2.31. The minimum atomic E-state index is -3.07. The minimum Gasteiger partial charge on any atom is -0.0855 e. The van der Waals surface area contributed by atoms with E-state index in [-0.39, 0.29) is 21.9 Å². The Hall–Kier alpha value is -1.24. The monoisotopic (exact) mass is 206 g/mol. The zero-order valence-corrected chi connectivity index (χ0v) is 8.08. The van der Waals surface area contributed by atoms with Crippen LogP contribution in [0.5, 0.6) is 0 Å². The van der Waals surface area contributed by atoms with E-state index in [9.17, 15) is 0 Å². The number of hydrogen-bond donors (Lipinski definition) is 0. The van der Waals surface area contributed by atoms with Crippen molar-refractivity contribution in [2.45, 2.75) is 26.2 Å². The number of benzene rings is 2. The van der Waals surface area contributed by atoms with Crippen molar-refractivity contribution < 1.29 is 16.4 Å². The molecule has 0 aromatic heterocycles. The molecule has 1 heteroatoms. The molecule has 1 aliphatic rings. The zero-order chi connectivity index (χ0) is 20.9. The van der Waals surface area contributed by atoms with E-state index in [4.69, 9.17) is 16.4 Å². The third kappa shape index (κ3) is 1.30. The Kier molecular flexibility index (Phi) is 0.607. The van der Waals surface area contributed by atoms with Gasteiger partial charge in [0.1, 0.15) is 6.71 Å². The second kappa shape index (κ2) is 3.13. The molecule has 15 heavy (non-hydrogen) atoms. The maximum atomic E-state index is 8.47. The van der Waals surface area contributed by atoms with Crippen molar-refractivity contribution in [1.82, 2.24) is 0 Å². The molecule has 0 bridgehead atoms. The smallest absolute Gasteiger partial charge is 0.0855 e. The molecule has 1 heterocycles. The Morgan fingerprint density at radius 3 is 3.13 bits per heavy atom. The van der Waals surface area contributed by atoms with Crippen LogP contribution in [0.4, 0.5) is 0 Å². The van der Waals surface area contributed by atoms with Crippen LogP contribution in [0, 0.1) is 6.92 Å². The summed E-state index contributed by atoms with van der Waals surface area (Å²) >= 11 is 0. The summed E-state index contributed by atoms with van der Waals surface area (Å²) in [4.78, 5) is 0. The van der Waals surface area contributed by atoms with Crippen LogP contribution in [0.1, 0.15) is 33.1 Å². The Morgan fingerprint density at radius 2 is 2.27 bits per heavy atom. The van der Waals surface area contributed by atoms with Gasteiger partial charge in [0.15, 0.2) is 0 Å². The van der Waals surface area contributed by atoms with Crippen molar-refractivity contribution in [2.75, 3.05) is 0 Å². The molecule has 0 saturated heterocycles. The van der Waals surface area contributed by atoms with Crippen LogP contribution in [0.15, 0.2) is 30.2 Å². The fraction of sp³-hybridized carbons (Fsp3) is 0.286.